The molecule has 0 aliphatic carbocycles. The minimum Gasteiger partial charge on any atom is -0.198 e. The molecule has 0 saturated carbocycles. The second-order valence-electron chi connectivity index (χ2n) is 3.29. The van der Waals surface area contributed by atoms with Gasteiger partial charge in [-0.25, -0.2) is 0 Å². The third-order valence-corrected chi connectivity index (χ3v) is 2.63. The first-order valence-corrected chi connectivity index (χ1v) is 4.96. The van der Waals surface area contributed by atoms with E-state index in [-0.39, 0.29) is 6.42 Å². The van der Waals surface area contributed by atoms with Crippen LogP contribution in [0.15, 0.2) is 28.7 Å². The lowest BCUT2D eigenvalue weighted by Crippen LogP contribution is -2.18. The Balaban J connectivity index is 3.15. The molecule has 0 saturated heterocycles. The number of hydrogen-bond donors (Lipinski definition) is 0. The van der Waals surface area contributed by atoms with Crippen molar-refractivity contribution in [3.63, 3.8) is 0 Å². The van der Waals surface area contributed by atoms with Crippen LogP contribution in [0.1, 0.15) is 18.9 Å². The Morgan fingerprint density at radius 3 is 2.64 bits per heavy atom. The van der Waals surface area contributed by atoms with Gasteiger partial charge in [0.2, 0.25) is 0 Å². The zero-order valence-electron chi connectivity index (χ0n) is 7.79. The van der Waals surface area contributed by atoms with E-state index in [1.54, 1.807) is 6.92 Å². The maximum Gasteiger partial charge on any atom is 0.0924 e. The van der Waals surface area contributed by atoms with E-state index in [1.165, 1.54) is 0 Å². The first-order valence-electron chi connectivity index (χ1n) is 4.16. The van der Waals surface area contributed by atoms with E-state index in [2.05, 4.69) is 22.0 Å². The molecule has 1 atom stereocenters. The zero-order valence-corrected chi connectivity index (χ0v) is 9.37. The van der Waals surface area contributed by atoms with E-state index in [4.69, 9.17) is 10.5 Å². The van der Waals surface area contributed by atoms with Gasteiger partial charge in [-0.2, -0.15) is 10.5 Å². The Morgan fingerprint density at radius 1 is 1.43 bits per heavy atom. The van der Waals surface area contributed by atoms with Crippen LogP contribution in [0.5, 0.6) is 0 Å². The Hall–Kier alpha value is -1.32. The molecule has 0 aliphatic rings. The first kappa shape index (κ1) is 10.8. The molecule has 0 aromatic heterocycles. The van der Waals surface area contributed by atoms with Crippen molar-refractivity contribution in [2.24, 2.45) is 0 Å². The van der Waals surface area contributed by atoms with E-state index >= 15 is 0 Å². The third kappa shape index (κ3) is 2.13. The molecule has 0 radical (unpaired) electrons. The molecule has 0 aliphatic heterocycles. The summed E-state index contributed by atoms with van der Waals surface area (Å²) in [5.41, 5.74) is 0.161. The number of halogens is 1. The minimum absolute atomic E-state index is 0.208. The predicted molar refractivity (Wildman–Crippen MR) is 57.3 cm³/mol. The van der Waals surface area contributed by atoms with Crippen LogP contribution in [0.3, 0.4) is 0 Å². The molecule has 0 amide bonds. The van der Waals surface area contributed by atoms with Crippen LogP contribution in [0.4, 0.5) is 0 Å². The van der Waals surface area contributed by atoms with Crippen molar-refractivity contribution >= 4 is 15.9 Å². The molecular formula is C11H9BrN2. The molecule has 14 heavy (non-hydrogen) atoms. The highest BCUT2D eigenvalue weighted by Crippen LogP contribution is 2.28. The van der Waals surface area contributed by atoms with Crippen molar-refractivity contribution in [1.29, 1.82) is 10.5 Å². The Bertz CT molecular complexity index is 414. The maximum absolute atomic E-state index is 9.04. The molecule has 0 heterocycles. The van der Waals surface area contributed by atoms with Gasteiger partial charge in [0.05, 0.1) is 24.0 Å². The average Bonchev–Trinajstić information content (AvgIpc) is 2.18. The van der Waals surface area contributed by atoms with Gasteiger partial charge in [-0.15, -0.1) is 0 Å². The van der Waals surface area contributed by atoms with Crippen LogP contribution in [0.2, 0.25) is 0 Å². The van der Waals surface area contributed by atoms with Crippen molar-refractivity contribution in [3.8, 4) is 12.1 Å². The fraction of sp³-hybridized carbons (Fsp3) is 0.273. The third-order valence-electron chi connectivity index (χ3n) is 2.14. The number of hydrogen-bond acceptors (Lipinski definition) is 2. The summed E-state index contributed by atoms with van der Waals surface area (Å²) >= 11 is 3.34. The average molecular weight is 249 g/mol. The summed E-state index contributed by atoms with van der Waals surface area (Å²) in [4.78, 5) is 0. The van der Waals surface area contributed by atoms with Gasteiger partial charge in [0, 0.05) is 4.47 Å². The highest BCUT2D eigenvalue weighted by atomic mass is 79.9. The molecule has 3 heteroatoms. The molecule has 0 N–H and O–H groups in total. The van der Waals surface area contributed by atoms with Gasteiger partial charge < -0.3 is 0 Å². The highest BCUT2D eigenvalue weighted by Gasteiger charge is 2.26. The summed E-state index contributed by atoms with van der Waals surface area (Å²) in [6.07, 6.45) is 0.208. The summed E-state index contributed by atoms with van der Waals surface area (Å²) in [6, 6.07) is 11.7. The molecule has 1 unspecified atom stereocenters. The van der Waals surface area contributed by atoms with Gasteiger partial charge in [-0.3, -0.25) is 0 Å². The second-order valence-corrected chi connectivity index (χ2v) is 4.20. The molecule has 0 bridgehead atoms. The molecular weight excluding hydrogens is 240 g/mol. The van der Waals surface area contributed by atoms with Gasteiger partial charge in [-0.05, 0) is 24.6 Å². The maximum atomic E-state index is 9.04. The Kier molecular flexibility index (Phi) is 3.28. The van der Waals surface area contributed by atoms with E-state index in [0.717, 1.165) is 10.0 Å². The molecule has 1 aromatic carbocycles. The van der Waals surface area contributed by atoms with Crippen LogP contribution in [-0.4, -0.2) is 0 Å². The monoisotopic (exact) mass is 248 g/mol. The molecule has 0 fully saturated rings. The first-order chi connectivity index (χ1) is 6.62. The van der Waals surface area contributed by atoms with Crippen molar-refractivity contribution in [2.75, 3.05) is 0 Å². The van der Waals surface area contributed by atoms with Crippen LogP contribution >= 0.6 is 15.9 Å². The summed E-state index contributed by atoms with van der Waals surface area (Å²) in [7, 11) is 0. The number of rotatable bonds is 2. The molecule has 70 valence electrons. The molecule has 0 spiro atoms. The Labute approximate surface area is 91.9 Å². The van der Waals surface area contributed by atoms with Crippen molar-refractivity contribution in [2.45, 2.75) is 18.8 Å². The van der Waals surface area contributed by atoms with Crippen LogP contribution < -0.4 is 0 Å². The minimum atomic E-state index is -0.710. The van der Waals surface area contributed by atoms with Gasteiger partial charge in [0.1, 0.15) is 0 Å². The number of benzene rings is 1. The standard InChI is InChI=1S/C11H9BrN2/c1-11(8-14,5-6-13)9-3-2-4-10(12)7-9/h2-4,7H,5H2,1H3. The van der Waals surface area contributed by atoms with Gasteiger partial charge in [-0.1, -0.05) is 28.1 Å². The van der Waals surface area contributed by atoms with Gasteiger partial charge in [0.15, 0.2) is 0 Å². The van der Waals surface area contributed by atoms with E-state index in [9.17, 15) is 0 Å². The number of nitrogens with zero attached hydrogens (tertiary/aromatic N) is 2. The van der Waals surface area contributed by atoms with Crippen LogP contribution in [0, 0.1) is 22.7 Å². The SMILES string of the molecule is CC(C#N)(CC#N)c1cccc(Br)c1. The lowest BCUT2D eigenvalue weighted by molar-refractivity contribution is 0.627. The summed E-state index contributed by atoms with van der Waals surface area (Å²) in [6.45, 7) is 1.78. The summed E-state index contributed by atoms with van der Waals surface area (Å²) < 4.78 is 0.925. The van der Waals surface area contributed by atoms with Crippen molar-refractivity contribution in [3.05, 3.63) is 34.3 Å². The smallest absolute Gasteiger partial charge is 0.0924 e. The fourth-order valence-electron chi connectivity index (χ4n) is 1.20. The number of nitriles is 2. The largest absolute Gasteiger partial charge is 0.198 e. The van der Waals surface area contributed by atoms with Gasteiger partial charge in [0.25, 0.3) is 0 Å². The van der Waals surface area contributed by atoms with Crippen molar-refractivity contribution in [1.82, 2.24) is 0 Å². The van der Waals surface area contributed by atoms with E-state index in [0.29, 0.717) is 0 Å². The normalized spacial score (nSPS) is 13.7. The Morgan fingerprint density at radius 2 is 2.14 bits per heavy atom. The van der Waals surface area contributed by atoms with Crippen LogP contribution in [-0.2, 0) is 5.41 Å². The lowest BCUT2D eigenvalue weighted by atomic mass is 9.81. The topological polar surface area (TPSA) is 47.6 Å². The predicted octanol–water partition coefficient (Wildman–Crippen LogP) is 3.14. The molecule has 1 rings (SSSR count). The lowest BCUT2D eigenvalue weighted by Gasteiger charge is -2.18. The molecule has 1 aromatic rings. The zero-order chi connectivity index (χ0) is 10.6. The van der Waals surface area contributed by atoms with Gasteiger partial charge >= 0.3 is 0 Å². The molecule has 2 nitrogen and oxygen atoms in total. The quantitative estimate of drug-likeness (QED) is 0.808. The summed E-state index contributed by atoms with van der Waals surface area (Å²) in [5, 5.41) is 17.7. The highest BCUT2D eigenvalue weighted by molar-refractivity contribution is 9.10. The van der Waals surface area contributed by atoms with E-state index in [1.807, 2.05) is 30.3 Å². The van der Waals surface area contributed by atoms with E-state index < -0.39 is 5.41 Å². The van der Waals surface area contributed by atoms with Crippen LogP contribution in [0.25, 0.3) is 0 Å². The summed E-state index contributed by atoms with van der Waals surface area (Å²) in [5.74, 6) is 0. The second kappa shape index (κ2) is 4.26. The fourth-order valence-corrected chi connectivity index (χ4v) is 1.60. The van der Waals surface area contributed by atoms with Crippen molar-refractivity contribution < 1.29 is 0 Å².